The fraction of sp³-hybridized carbons (Fsp3) is 0. The van der Waals surface area contributed by atoms with Gasteiger partial charge in [0.1, 0.15) is 0 Å². The molecule has 0 atom stereocenters. The largest absolute Gasteiger partial charge is 0.309 e. The Morgan fingerprint density at radius 3 is 1.35 bits per heavy atom. The summed E-state index contributed by atoms with van der Waals surface area (Å²) >= 11 is 0. The van der Waals surface area contributed by atoms with Gasteiger partial charge in [-0.25, -0.2) is 0 Å². The Hall–Kier alpha value is -8.40. The van der Waals surface area contributed by atoms with Crippen molar-refractivity contribution in [1.82, 2.24) is 13.7 Å². The minimum atomic E-state index is 1.14. The van der Waals surface area contributed by atoms with Gasteiger partial charge in [-0.05, 0) is 101 Å². The van der Waals surface area contributed by atoms with E-state index in [0.29, 0.717) is 0 Å². The summed E-state index contributed by atoms with van der Waals surface area (Å²) in [7, 11) is 0. The van der Waals surface area contributed by atoms with Crippen LogP contribution in [0.15, 0.2) is 237 Å². The van der Waals surface area contributed by atoms with Gasteiger partial charge in [-0.15, -0.1) is 0 Å². The number of hydrogen-bond donors (Lipinski definition) is 0. The third-order valence-corrected chi connectivity index (χ3v) is 13.0. The summed E-state index contributed by atoms with van der Waals surface area (Å²) in [6, 6.07) is 86.5. The second-order valence-corrected chi connectivity index (χ2v) is 16.5. The number of rotatable bonds is 6. The molecule has 0 aliphatic rings. The number of para-hydroxylation sites is 5. The van der Waals surface area contributed by atoms with Gasteiger partial charge in [-0.3, -0.25) is 0 Å². The molecule has 10 aromatic carbocycles. The van der Waals surface area contributed by atoms with Crippen molar-refractivity contribution in [2.75, 3.05) is 0 Å². The summed E-state index contributed by atoms with van der Waals surface area (Å²) in [5.41, 5.74) is 17.8. The van der Waals surface area contributed by atoms with Gasteiger partial charge in [0.15, 0.2) is 0 Å². The van der Waals surface area contributed by atoms with E-state index in [9.17, 15) is 0 Å². The molecule has 0 radical (unpaired) electrons. The number of aromatic nitrogens is 3. The molecule has 0 saturated heterocycles. The molecule has 3 aromatic heterocycles. The molecule has 13 aromatic rings. The van der Waals surface area contributed by atoms with Gasteiger partial charge in [-0.1, -0.05) is 164 Å². The lowest BCUT2D eigenvalue weighted by Crippen LogP contribution is -1.98. The zero-order chi connectivity index (χ0) is 41.4. The second kappa shape index (κ2) is 14.1. The zero-order valence-corrected chi connectivity index (χ0v) is 34.4. The monoisotopic (exact) mass is 801 g/mol. The van der Waals surface area contributed by atoms with Crippen molar-refractivity contribution in [2.45, 2.75) is 0 Å². The Labute approximate surface area is 364 Å². The Balaban J connectivity index is 0.979. The number of nitrogens with zero attached hydrogens (tertiary/aromatic N) is 3. The van der Waals surface area contributed by atoms with Crippen LogP contribution in [-0.4, -0.2) is 13.7 Å². The first-order valence-electron chi connectivity index (χ1n) is 21.7. The molecule has 0 fully saturated rings. The highest BCUT2D eigenvalue weighted by atomic mass is 15.0. The fourth-order valence-electron chi connectivity index (χ4n) is 10.2. The van der Waals surface area contributed by atoms with Gasteiger partial charge in [0, 0.05) is 49.3 Å². The quantitative estimate of drug-likeness (QED) is 0.159. The molecule has 3 heteroatoms. The van der Waals surface area contributed by atoms with Crippen LogP contribution < -0.4 is 0 Å². The van der Waals surface area contributed by atoms with Crippen LogP contribution in [0.1, 0.15) is 0 Å². The number of fused-ring (bicyclic) bond motifs is 9. The molecular weight excluding hydrogens is 763 g/mol. The minimum absolute atomic E-state index is 1.14. The maximum Gasteiger partial charge on any atom is 0.0547 e. The highest BCUT2D eigenvalue weighted by Gasteiger charge is 2.20. The summed E-state index contributed by atoms with van der Waals surface area (Å²) in [6.07, 6.45) is 0. The van der Waals surface area contributed by atoms with Gasteiger partial charge in [0.05, 0.1) is 38.8 Å². The minimum Gasteiger partial charge on any atom is -0.309 e. The summed E-state index contributed by atoms with van der Waals surface area (Å²) in [5.74, 6) is 0. The second-order valence-electron chi connectivity index (χ2n) is 16.5. The summed E-state index contributed by atoms with van der Waals surface area (Å²) in [4.78, 5) is 0. The van der Waals surface area contributed by atoms with Gasteiger partial charge < -0.3 is 13.7 Å². The van der Waals surface area contributed by atoms with Crippen LogP contribution in [0.25, 0.3) is 116 Å². The van der Waals surface area contributed by atoms with Gasteiger partial charge in [-0.2, -0.15) is 0 Å². The van der Waals surface area contributed by atoms with Crippen molar-refractivity contribution in [3.63, 3.8) is 0 Å². The van der Waals surface area contributed by atoms with Crippen molar-refractivity contribution < 1.29 is 0 Å². The van der Waals surface area contributed by atoms with Gasteiger partial charge in [0.25, 0.3) is 0 Å². The first-order valence-corrected chi connectivity index (χ1v) is 21.7. The third kappa shape index (κ3) is 5.53. The molecule has 0 saturated carbocycles. The molecule has 0 N–H and O–H groups in total. The van der Waals surface area contributed by atoms with Crippen molar-refractivity contribution >= 4 is 65.4 Å². The third-order valence-electron chi connectivity index (χ3n) is 13.0. The van der Waals surface area contributed by atoms with Crippen molar-refractivity contribution in [2.24, 2.45) is 0 Å². The molecule has 0 amide bonds. The number of benzene rings is 10. The first kappa shape index (κ1) is 35.4. The maximum absolute atomic E-state index is 2.46. The lowest BCUT2D eigenvalue weighted by Gasteiger charge is -2.15. The van der Waals surface area contributed by atoms with Crippen LogP contribution in [0, 0.1) is 0 Å². The molecule has 0 aliphatic carbocycles. The predicted octanol–water partition coefficient (Wildman–Crippen LogP) is 16.0. The van der Waals surface area contributed by atoms with Gasteiger partial charge >= 0.3 is 0 Å². The molecule has 0 unspecified atom stereocenters. The van der Waals surface area contributed by atoms with Crippen molar-refractivity contribution in [1.29, 1.82) is 0 Å². The smallest absolute Gasteiger partial charge is 0.0547 e. The first-order chi connectivity index (χ1) is 31.3. The molecule has 13 rings (SSSR count). The maximum atomic E-state index is 2.46. The van der Waals surface area contributed by atoms with E-state index in [-0.39, 0.29) is 0 Å². The van der Waals surface area contributed by atoms with E-state index in [2.05, 4.69) is 250 Å². The van der Waals surface area contributed by atoms with Crippen molar-refractivity contribution in [3.8, 4) is 50.4 Å². The summed E-state index contributed by atoms with van der Waals surface area (Å²) in [5, 5.41) is 7.45. The van der Waals surface area contributed by atoms with Crippen LogP contribution in [0.3, 0.4) is 0 Å². The molecule has 3 nitrogen and oxygen atoms in total. The molecule has 0 spiro atoms. The van der Waals surface area contributed by atoms with Crippen LogP contribution in [0.2, 0.25) is 0 Å². The molecule has 3 heterocycles. The standard InChI is InChI=1S/C60H39N3/c1-2-16-40(17-3-1)41-18-14-19-42(36-41)43-20-15-21-45(37-43)61-56-29-11-8-26-51(56)53-39-46(33-35-59(53)61)62-55-28-10-5-25-50(55)52-34-32-44(38-60(52)62)47-22-4-9-27-54(47)63-57-30-12-6-23-48(57)49-24-7-13-31-58(49)63/h1-39H. The van der Waals surface area contributed by atoms with Crippen LogP contribution >= 0.6 is 0 Å². The molecule has 0 bridgehead atoms. The highest BCUT2D eigenvalue weighted by Crippen LogP contribution is 2.41. The predicted molar refractivity (Wildman–Crippen MR) is 266 cm³/mol. The Bertz CT molecular complexity index is 3860. The zero-order valence-electron chi connectivity index (χ0n) is 34.4. The molecule has 0 aliphatic heterocycles. The van der Waals surface area contributed by atoms with E-state index in [1.165, 1.54) is 104 Å². The number of hydrogen-bond acceptors (Lipinski definition) is 0. The average Bonchev–Trinajstić information content (AvgIpc) is 3.99. The van der Waals surface area contributed by atoms with E-state index in [4.69, 9.17) is 0 Å². The topological polar surface area (TPSA) is 14.8 Å². The van der Waals surface area contributed by atoms with Crippen LogP contribution in [-0.2, 0) is 0 Å². The van der Waals surface area contributed by atoms with E-state index in [0.717, 1.165) is 11.4 Å². The van der Waals surface area contributed by atoms with Crippen LogP contribution in [0.4, 0.5) is 0 Å². The molecule has 294 valence electrons. The highest BCUT2D eigenvalue weighted by molar-refractivity contribution is 6.13. The lowest BCUT2D eigenvalue weighted by atomic mass is 9.99. The Morgan fingerprint density at radius 1 is 0.206 bits per heavy atom. The summed E-state index contributed by atoms with van der Waals surface area (Å²) < 4.78 is 7.32. The van der Waals surface area contributed by atoms with E-state index >= 15 is 0 Å². The van der Waals surface area contributed by atoms with E-state index < -0.39 is 0 Å². The molecule has 63 heavy (non-hydrogen) atoms. The SMILES string of the molecule is c1ccc(-c2cccc(-c3cccc(-n4c5ccccc5c5cc(-n6c7ccccc7c7ccc(-c8ccccc8-n8c9ccccc9c9ccccc98)cc76)ccc54)c3)c2)cc1. The Morgan fingerprint density at radius 2 is 0.667 bits per heavy atom. The normalized spacial score (nSPS) is 11.8. The summed E-state index contributed by atoms with van der Waals surface area (Å²) in [6.45, 7) is 0. The van der Waals surface area contributed by atoms with E-state index in [1.807, 2.05) is 0 Å². The van der Waals surface area contributed by atoms with Crippen molar-refractivity contribution in [3.05, 3.63) is 237 Å². The van der Waals surface area contributed by atoms with E-state index in [1.54, 1.807) is 0 Å². The fourth-order valence-corrected chi connectivity index (χ4v) is 10.2. The average molecular weight is 802 g/mol. The molecular formula is C60H39N3. The van der Waals surface area contributed by atoms with Crippen LogP contribution in [0.5, 0.6) is 0 Å². The lowest BCUT2D eigenvalue weighted by molar-refractivity contribution is 1.16. The van der Waals surface area contributed by atoms with Gasteiger partial charge in [0.2, 0.25) is 0 Å². The Kier molecular flexibility index (Phi) is 7.91.